The van der Waals surface area contributed by atoms with Gasteiger partial charge in [0.2, 0.25) is 15.5 Å². The van der Waals surface area contributed by atoms with Crippen LogP contribution in [0.1, 0.15) is 32.1 Å². The Kier molecular flexibility index (Phi) is 4.55. The zero-order valence-corrected chi connectivity index (χ0v) is 11.5. The van der Waals surface area contributed by atoms with E-state index in [0.717, 1.165) is 12.8 Å². The zero-order chi connectivity index (χ0) is 13.7. The molecule has 1 aliphatic rings. The normalized spacial score (nSPS) is 16.1. The molecule has 5 nitrogen and oxygen atoms in total. The molecule has 0 saturated carbocycles. The Morgan fingerprint density at radius 2 is 2.16 bits per heavy atom. The fourth-order valence-corrected chi connectivity index (χ4v) is 3.25. The molecule has 1 heterocycles. The molecule has 1 aliphatic carbocycles. The summed E-state index contributed by atoms with van der Waals surface area (Å²) in [5.74, 6) is 0. The summed E-state index contributed by atoms with van der Waals surface area (Å²) < 4.78 is 26.4. The molecule has 2 rings (SSSR count). The summed E-state index contributed by atoms with van der Waals surface area (Å²) in [5.41, 5.74) is 0.805. The van der Waals surface area contributed by atoms with Crippen LogP contribution in [-0.4, -0.2) is 19.9 Å². The highest BCUT2D eigenvalue weighted by Gasteiger charge is 2.17. The lowest BCUT2D eigenvalue weighted by atomic mass is 9.97. The highest BCUT2D eigenvalue weighted by molar-refractivity contribution is 7.89. The van der Waals surface area contributed by atoms with E-state index < -0.39 is 15.5 Å². The van der Waals surface area contributed by atoms with Gasteiger partial charge in [-0.25, -0.2) is 13.1 Å². The Hall–Kier alpha value is -1.40. The van der Waals surface area contributed by atoms with E-state index in [-0.39, 0.29) is 4.90 Å². The highest BCUT2D eigenvalue weighted by atomic mass is 32.2. The number of allylic oxidation sites excluding steroid dienone is 1. The van der Waals surface area contributed by atoms with Crippen LogP contribution >= 0.6 is 0 Å². The largest absolute Gasteiger partial charge is 0.366 e. The lowest BCUT2D eigenvalue weighted by Crippen LogP contribution is -2.29. The second-order valence-corrected chi connectivity index (χ2v) is 6.36. The standard InChI is InChI=1S/C13H18N2O3S/c16-12-7-8-14-10-13(12)19(17,18)15-9-6-11-4-2-1-3-5-11/h4,7-8,10,15H,1-3,5-6,9H2,(H,14,16). The Morgan fingerprint density at radius 3 is 2.84 bits per heavy atom. The zero-order valence-electron chi connectivity index (χ0n) is 10.7. The van der Waals surface area contributed by atoms with Crippen LogP contribution in [0.3, 0.4) is 0 Å². The molecule has 0 atom stereocenters. The number of aromatic amines is 1. The van der Waals surface area contributed by atoms with Gasteiger partial charge >= 0.3 is 0 Å². The first-order chi connectivity index (χ1) is 9.09. The fraction of sp³-hybridized carbons (Fsp3) is 0.462. The van der Waals surface area contributed by atoms with Crippen LogP contribution < -0.4 is 10.2 Å². The fourth-order valence-electron chi connectivity index (χ4n) is 2.17. The van der Waals surface area contributed by atoms with Gasteiger partial charge in [-0.3, -0.25) is 4.79 Å². The first-order valence-electron chi connectivity index (χ1n) is 6.44. The molecule has 1 aromatic rings. The van der Waals surface area contributed by atoms with Gasteiger partial charge in [0.25, 0.3) is 0 Å². The second-order valence-electron chi connectivity index (χ2n) is 4.63. The average molecular weight is 282 g/mol. The second kappa shape index (κ2) is 6.16. The van der Waals surface area contributed by atoms with E-state index >= 15 is 0 Å². The smallest absolute Gasteiger partial charge is 0.245 e. The Morgan fingerprint density at radius 1 is 1.32 bits per heavy atom. The summed E-state index contributed by atoms with van der Waals surface area (Å²) >= 11 is 0. The predicted molar refractivity (Wildman–Crippen MR) is 73.4 cm³/mol. The Labute approximate surface area is 112 Å². The minimum atomic E-state index is -3.71. The third kappa shape index (κ3) is 3.78. The van der Waals surface area contributed by atoms with E-state index in [2.05, 4.69) is 15.8 Å². The highest BCUT2D eigenvalue weighted by Crippen LogP contribution is 2.19. The first-order valence-corrected chi connectivity index (χ1v) is 7.92. The number of pyridine rings is 1. The van der Waals surface area contributed by atoms with Crippen LogP contribution in [0, 0.1) is 0 Å². The number of rotatable bonds is 5. The van der Waals surface area contributed by atoms with Crippen molar-refractivity contribution in [3.63, 3.8) is 0 Å². The summed E-state index contributed by atoms with van der Waals surface area (Å²) in [7, 11) is -3.71. The van der Waals surface area contributed by atoms with Crippen molar-refractivity contribution in [3.8, 4) is 0 Å². The molecule has 0 aliphatic heterocycles. The molecule has 0 aromatic carbocycles. The van der Waals surface area contributed by atoms with Gasteiger partial charge in [0.1, 0.15) is 4.90 Å². The van der Waals surface area contributed by atoms with Crippen molar-refractivity contribution in [2.24, 2.45) is 0 Å². The van der Waals surface area contributed by atoms with E-state index in [4.69, 9.17) is 0 Å². The molecule has 19 heavy (non-hydrogen) atoms. The monoisotopic (exact) mass is 282 g/mol. The number of H-pyrrole nitrogens is 1. The van der Waals surface area contributed by atoms with Gasteiger partial charge in [-0.1, -0.05) is 11.6 Å². The molecule has 1 aromatic heterocycles. The molecule has 0 bridgehead atoms. The molecule has 0 amide bonds. The minimum absolute atomic E-state index is 0.229. The third-order valence-electron chi connectivity index (χ3n) is 3.20. The van der Waals surface area contributed by atoms with Crippen molar-refractivity contribution in [2.75, 3.05) is 6.54 Å². The molecular formula is C13H18N2O3S. The maximum Gasteiger partial charge on any atom is 0.245 e. The minimum Gasteiger partial charge on any atom is -0.366 e. The summed E-state index contributed by atoms with van der Waals surface area (Å²) in [6.45, 7) is 0.336. The molecule has 2 N–H and O–H groups in total. The number of nitrogens with one attached hydrogen (secondary N) is 2. The maximum absolute atomic E-state index is 11.9. The molecule has 0 radical (unpaired) electrons. The van der Waals surface area contributed by atoms with E-state index in [9.17, 15) is 13.2 Å². The first kappa shape index (κ1) is 14.0. The SMILES string of the molecule is O=c1cc[nH]cc1S(=O)(=O)NCCC1=CCCCC1. The molecule has 0 saturated heterocycles. The van der Waals surface area contributed by atoms with Gasteiger partial charge in [-0.15, -0.1) is 0 Å². The van der Waals surface area contributed by atoms with Crippen molar-refractivity contribution in [1.82, 2.24) is 9.71 Å². The van der Waals surface area contributed by atoms with Crippen molar-refractivity contribution in [3.05, 3.63) is 40.3 Å². The molecule has 0 fully saturated rings. The summed E-state index contributed by atoms with van der Waals surface area (Å²) in [6, 6.07) is 1.21. The topological polar surface area (TPSA) is 79.0 Å². The number of aromatic nitrogens is 1. The van der Waals surface area contributed by atoms with Crippen LogP contribution in [-0.2, 0) is 10.0 Å². The lowest BCUT2D eigenvalue weighted by Gasteiger charge is -2.12. The van der Waals surface area contributed by atoms with Crippen LogP contribution in [0.25, 0.3) is 0 Å². The Balaban J connectivity index is 1.97. The van der Waals surface area contributed by atoms with Crippen LogP contribution in [0.5, 0.6) is 0 Å². The predicted octanol–water partition coefficient (Wildman–Crippen LogP) is 1.54. The molecular weight excluding hydrogens is 264 g/mol. The number of hydrogen-bond acceptors (Lipinski definition) is 3. The van der Waals surface area contributed by atoms with E-state index in [1.807, 2.05) is 0 Å². The third-order valence-corrected chi connectivity index (χ3v) is 4.68. The van der Waals surface area contributed by atoms with Gasteiger partial charge in [0, 0.05) is 25.0 Å². The van der Waals surface area contributed by atoms with E-state index in [0.29, 0.717) is 13.0 Å². The Bertz CT molecular complexity index is 617. The number of sulfonamides is 1. The average Bonchev–Trinajstić information content (AvgIpc) is 2.40. The van der Waals surface area contributed by atoms with Crippen LogP contribution in [0.4, 0.5) is 0 Å². The van der Waals surface area contributed by atoms with Gasteiger partial charge in [0.05, 0.1) is 0 Å². The number of hydrogen-bond donors (Lipinski definition) is 2. The summed E-state index contributed by atoms with van der Waals surface area (Å²) in [6.07, 6.45) is 10.1. The quantitative estimate of drug-likeness (QED) is 0.804. The van der Waals surface area contributed by atoms with Crippen molar-refractivity contribution in [2.45, 2.75) is 37.0 Å². The van der Waals surface area contributed by atoms with E-state index in [1.165, 1.54) is 36.9 Å². The van der Waals surface area contributed by atoms with Gasteiger partial charge < -0.3 is 4.98 Å². The molecule has 104 valence electrons. The van der Waals surface area contributed by atoms with Gasteiger partial charge in [0.15, 0.2) is 0 Å². The van der Waals surface area contributed by atoms with Crippen molar-refractivity contribution in [1.29, 1.82) is 0 Å². The van der Waals surface area contributed by atoms with Crippen LogP contribution in [0.15, 0.2) is 39.8 Å². The van der Waals surface area contributed by atoms with E-state index in [1.54, 1.807) is 0 Å². The summed E-state index contributed by atoms with van der Waals surface area (Å²) in [5, 5.41) is 0. The maximum atomic E-state index is 11.9. The van der Waals surface area contributed by atoms with Crippen molar-refractivity contribution >= 4 is 10.0 Å². The van der Waals surface area contributed by atoms with Crippen LogP contribution in [0.2, 0.25) is 0 Å². The molecule has 0 spiro atoms. The lowest BCUT2D eigenvalue weighted by molar-refractivity contribution is 0.578. The van der Waals surface area contributed by atoms with Gasteiger partial charge in [-0.05, 0) is 32.1 Å². The summed E-state index contributed by atoms with van der Waals surface area (Å²) in [4.78, 5) is 13.9. The van der Waals surface area contributed by atoms with Crippen molar-refractivity contribution < 1.29 is 8.42 Å². The molecule has 0 unspecified atom stereocenters. The molecule has 6 heteroatoms. The van der Waals surface area contributed by atoms with Gasteiger partial charge in [-0.2, -0.15) is 0 Å².